The molecule has 0 heterocycles. The fraction of sp³-hybridized carbons (Fsp3) is 0.278. The molecular formula is C18H22N2O2. The summed E-state index contributed by atoms with van der Waals surface area (Å²) in [5, 5.41) is 2.80. The normalized spacial score (nSPS) is 11.9. The molecule has 1 atom stereocenters. The molecule has 0 spiro atoms. The molecule has 0 aromatic heterocycles. The third-order valence-electron chi connectivity index (χ3n) is 3.29. The van der Waals surface area contributed by atoms with Gasteiger partial charge in [0.1, 0.15) is 0 Å². The molecule has 0 saturated carbocycles. The van der Waals surface area contributed by atoms with Gasteiger partial charge in [-0.2, -0.15) is 0 Å². The predicted octanol–water partition coefficient (Wildman–Crippen LogP) is 1.89. The second-order valence-corrected chi connectivity index (χ2v) is 5.13. The Balaban J connectivity index is 1.61. The molecule has 2 aromatic carbocycles. The van der Waals surface area contributed by atoms with Crippen LogP contribution in [0.4, 0.5) is 0 Å². The van der Waals surface area contributed by atoms with Crippen LogP contribution in [-0.4, -0.2) is 25.1 Å². The van der Waals surface area contributed by atoms with Gasteiger partial charge in [0, 0.05) is 6.54 Å². The average Bonchev–Trinajstić information content (AvgIpc) is 2.56. The molecule has 0 aliphatic rings. The Kier molecular flexibility index (Phi) is 6.61. The average molecular weight is 298 g/mol. The lowest BCUT2D eigenvalue weighted by atomic mass is 10.1. The van der Waals surface area contributed by atoms with Crippen LogP contribution >= 0.6 is 0 Å². The predicted molar refractivity (Wildman–Crippen MR) is 87.2 cm³/mol. The van der Waals surface area contributed by atoms with Gasteiger partial charge in [-0.05, 0) is 17.5 Å². The van der Waals surface area contributed by atoms with E-state index in [0.29, 0.717) is 26.2 Å². The molecule has 0 saturated heterocycles. The SMILES string of the molecule is N[C@@H](Cc1ccccc1)C(=O)NCCOCc1ccccc1. The summed E-state index contributed by atoms with van der Waals surface area (Å²) in [5.41, 5.74) is 8.08. The zero-order chi connectivity index (χ0) is 15.6. The molecule has 22 heavy (non-hydrogen) atoms. The van der Waals surface area contributed by atoms with Crippen LogP contribution in [0, 0.1) is 0 Å². The number of nitrogens with two attached hydrogens (primary N) is 1. The van der Waals surface area contributed by atoms with E-state index >= 15 is 0 Å². The van der Waals surface area contributed by atoms with Gasteiger partial charge in [0.15, 0.2) is 0 Å². The molecule has 0 unspecified atom stereocenters. The van der Waals surface area contributed by atoms with Crippen LogP contribution in [0.5, 0.6) is 0 Å². The lowest BCUT2D eigenvalue weighted by Crippen LogP contribution is -2.43. The number of hydrogen-bond acceptors (Lipinski definition) is 3. The number of ether oxygens (including phenoxy) is 1. The Bertz CT molecular complexity index is 558. The highest BCUT2D eigenvalue weighted by atomic mass is 16.5. The first-order chi connectivity index (χ1) is 10.8. The Morgan fingerprint density at radius 2 is 1.59 bits per heavy atom. The number of carbonyl (C=O) groups excluding carboxylic acids is 1. The summed E-state index contributed by atoms with van der Waals surface area (Å²) in [7, 11) is 0. The van der Waals surface area contributed by atoms with E-state index in [-0.39, 0.29) is 5.91 Å². The van der Waals surface area contributed by atoms with E-state index in [9.17, 15) is 4.79 Å². The van der Waals surface area contributed by atoms with Gasteiger partial charge in [-0.1, -0.05) is 60.7 Å². The molecule has 0 bridgehead atoms. The van der Waals surface area contributed by atoms with Gasteiger partial charge in [0.2, 0.25) is 5.91 Å². The fourth-order valence-electron chi connectivity index (χ4n) is 2.10. The molecule has 1 amide bonds. The van der Waals surface area contributed by atoms with Crippen LogP contribution in [0.2, 0.25) is 0 Å². The van der Waals surface area contributed by atoms with Crippen molar-refractivity contribution >= 4 is 5.91 Å². The monoisotopic (exact) mass is 298 g/mol. The molecule has 2 rings (SSSR count). The maximum atomic E-state index is 11.9. The topological polar surface area (TPSA) is 64.4 Å². The number of rotatable bonds is 8. The minimum atomic E-state index is -0.531. The van der Waals surface area contributed by atoms with Gasteiger partial charge in [-0.25, -0.2) is 0 Å². The highest BCUT2D eigenvalue weighted by molar-refractivity contribution is 5.81. The maximum Gasteiger partial charge on any atom is 0.237 e. The first kappa shape index (κ1) is 16.2. The Morgan fingerprint density at radius 3 is 2.23 bits per heavy atom. The molecule has 0 radical (unpaired) electrons. The van der Waals surface area contributed by atoms with Gasteiger partial charge in [0.25, 0.3) is 0 Å². The Hall–Kier alpha value is -2.17. The second kappa shape index (κ2) is 8.97. The minimum Gasteiger partial charge on any atom is -0.375 e. The third-order valence-corrected chi connectivity index (χ3v) is 3.29. The maximum absolute atomic E-state index is 11.9. The second-order valence-electron chi connectivity index (χ2n) is 5.13. The summed E-state index contributed by atoms with van der Waals surface area (Å²) in [4.78, 5) is 11.9. The summed E-state index contributed by atoms with van der Waals surface area (Å²) in [6.45, 7) is 1.49. The van der Waals surface area contributed by atoms with Crippen molar-refractivity contribution in [1.29, 1.82) is 0 Å². The summed E-state index contributed by atoms with van der Waals surface area (Å²) in [6.07, 6.45) is 0.539. The van der Waals surface area contributed by atoms with Crippen LogP contribution in [-0.2, 0) is 22.6 Å². The van der Waals surface area contributed by atoms with Crippen LogP contribution in [0.15, 0.2) is 60.7 Å². The zero-order valence-electron chi connectivity index (χ0n) is 12.6. The molecule has 3 N–H and O–H groups in total. The lowest BCUT2D eigenvalue weighted by Gasteiger charge is -2.12. The first-order valence-electron chi connectivity index (χ1n) is 7.44. The Morgan fingerprint density at radius 1 is 1.00 bits per heavy atom. The van der Waals surface area contributed by atoms with Gasteiger partial charge in [-0.3, -0.25) is 4.79 Å². The summed E-state index contributed by atoms with van der Waals surface area (Å²) < 4.78 is 5.51. The summed E-state index contributed by atoms with van der Waals surface area (Å²) >= 11 is 0. The van der Waals surface area contributed by atoms with E-state index in [0.717, 1.165) is 11.1 Å². The molecule has 4 nitrogen and oxygen atoms in total. The van der Waals surface area contributed by atoms with Gasteiger partial charge >= 0.3 is 0 Å². The largest absolute Gasteiger partial charge is 0.375 e. The van der Waals surface area contributed by atoms with E-state index in [2.05, 4.69) is 5.32 Å². The standard InChI is InChI=1S/C18H22N2O2/c19-17(13-15-7-3-1-4-8-15)18(21)20-11-12-22-14-16-9-5-2-6-10-16/h1-10,17H,11-14,19H2,(H,20,21)/t17-/m0/s1. The number of hydrogen-bond donors (Lipinski definition) is 2. The number of benzene rings is 2. The smallest absolute Gasteiger partial charge is 0.237 e. The van der Waals surface area contributed by atoms with Crippen molar-refractivity contribution in [2.75, 3.05) is 13.2 Å². The fourth-order valence-corrected chi connectivity index (χ4v) is 2.10. The third kappa shape index (κ3) is 5.68. The van der Waals surface area contributed by atoms with Crippen LogP contribution in [0.1, 0.15) is 11.1 Å². The van der Waals surface area contributed by atoms with Crippen molar-refractivity contribution in [1.82, 2.24) is 5.32 Å². The molecule has 4 heteroatoms. The van der Waals surface area contributed by atoms with Crippen LogP contribution in [0.25, 0.3) is 0 Å². The molecule has 0 aliphatic heterocycles. The van der Waals surface area contributed by atoms with Crippen LogP contribution in [0.3, 0.4) is 0 Å². The lowest BCUT2D eigenvalue weighted by molar-refractivity contribution is -0.122. The molecule has 2 aromatic rings. The minimum absolute atomic E-state index is 0.146. The van der Waals surface area contributed by atoms with Gasteiger partial charge in [0.05, 0.1) is 19.3 Å². The van der Waals surface area contributed by atoms with Crippen molar-refractivity contribution in [2.24, 2.45) is 5.73 Å². The van der Waals surface area contributed by atoms with Crippen LogP contribution < -0.4 is 11.1 Å². The van der Waals surface area contributed by atoms with Crippen molar-refractivity contribution in [2.45, 2.75) is 19.1 Å². The van der Waals surface area contributed by atoms with Crippen molar-refractivity contribution < 1.29 is 9.53 Å². The number of carbonyl (C=O) groups is 1. The first-order valence-corrected chi connectivity index (χ1v) is 7.44. The highest BCUT2D eigenvalue weighted by Gasteiger charge is 2.13. The molecular weight excluding hydrogens is 276 g/mol. The van der Waals surface area contributed by atoms with Crippen molar-refractivity contribution in [3.05, 3.63) is 71.8 Å². The van der Waals surface area contributed by atoms with Crippen molar-refractivity contribution in [3.8, 4) is 0 Å². The van der Waals surface area contributed by atoms with Gasteiger partial charge in [-0.15, -0.1) is 0 Å². The van der Waals surface area contributed by atoms with E-state index in [4.69, 9.17) is 10.5 Å². The number of nitrogens with one attached hydrogen (secondary N) is 1. The Labute approximate surface area is 131 Å². The summed E-state index contributed by atoms with van der Waals surface area (Å²) in [5.74, 6) is -0.146. The van der Waals surface area contributed by atoms with E-state index < -0.39 is 6.04 Å². The highest BCUT2D eigenvalue weighted by Crippen LogP contribution is 2.02. The van der Waals surface area contributed by atoms with Gasteiger partial charge < -0.3 is 15.8 Å². The zero-order valence-corrected chi connectivity index (χ0v) is 12.6. The van der Waals surface area contributed by atoms with Crippen molar-refractivity contribution in [3.63, 3.8) is 0 Å². The summed E-state index contributed by atoms with van der Waals surface area (Å²) in [6, 6.07) is 19.2. The van der Waals surface area contributed by atoms with E-state index in [1.807, 2.05) is 60.7 Å². The van der Waals surface area contributed by atoms with E-state index in [1.54, 1.807) is 0 Å². The number of amides is 1. The molecule has 116 valence electrons. The quantitative estimate of drug-likeness (QED) is 0.732. The molecule has 0 fully saturated rings. The van der Waals surface area contributed by atoms with E-state index in [1.165, 1.54) is 0 Å². The molecule has 0 aliphatic carbocycles.